The molecule has 1 aromatic carbocycles. The molecule has 2 aliphatic rings. The minimum Gasteiger partial charge on any atom is -0.362 e. The highest BCUT2D eigenvalue weighted by Gasteiger charge is 2.64. The summed E-state index contributed by atoms with van der Waals surface area (Å²) in [6, 6.07) is 9.15. The van der Waals surface area contributed by atoms with Crippen molar-refractivity contribution in [1.29, 1.82) is 0 Å². The maximum absolute atomic E-state index is 13.1. The Labute approximate surface area is 125 Å². The van der Waals surface area contributed by atoms with Gasteiger partial charge in [-0.3, -0.25) is 4.79 Å². The van der Waals surface area contributed by atoms with Crippen LogP contribution in [-0.4, -0.2) is 33.6 Å². The van der Waals surface area contributed by atoms with Gasteiger partial charge in [0.2, 0.25) is 5.91 Å². The zero-order valence-electron chi connectivity index (χ0n) is 11.8. The molecule has 7 heteroatoms. The Balaban J connectivity index is 1.81. The maximum atomic E-state index is 13.1. The number of carbonyl (C=O) groups excluding carboxylic acids is 1. The van der Waals surface area contributed by atoms with Crippen LogP contribution in [0.15, 0.2) is 35.4 Å². The summed E-state index contributed by atoms with van der Waals surface area (Å²) in [5.74, 6) is -1.45. The number of halogens is 3. The Morgan fingerprint density at radius 3 is 2.59 bits per heavy atom. The molecule has 4 nitrogen and oxygen atoms in total. The lowest BCUT2D eigenvalue weighted by Crippen LogP contribution is -2.57. The van der Waals surface area contributed by atoms with Gasteiger partial charge in [-0.1, -0.05) is 30.3 Å². The van der Waals surface area contributed by atoms with Crippen molar-refractivity contribution in [2.75, 3.05) is 0 Å². The van der Waals surface area contributed by atoms with Gasteiger partial charge in [0, 0.05) is 18.1 Å². The number of rotatable bonds is 2. The van der Waals surface area contributed by atoms with Crippen molar-refractivity contribution in [1.82, 2.24) is 5.01 Å². The maximum Gasteiger partial charge on any atom is 0.438 e. The monoisotopic (exact) mass is 312 g/mol. The first-order valence-electron chi connectivity index (χ1n) is 6.96. The molecule has 1 heterocycles. The van der Waals surface area contributed by atoms with Gasteiger partial charge >= 0.3 is 6.18 Å². The fourth-order valence-corrected chi connectivity index (χ4v) is 2.87. The van der Waals surface area contributed by atoms with E-state index in [9.17, 15) is 23.1 Å². The predicted octanol–water partition coefficient (Wildman–Crippen LogP) is 2.65. The molecule has 0 radical (unpaired) electrons. The smallest absolute Gasteiger partial charge is 0.362 e. The van der Waals surface area contributed by atoms with Crippen LogP contribution in [-0.2, 0) is 4.79 Å². The molecule has 1 fully saturated rings. The molecular formula is C15H15F3N2O2. The third kappa shape index (κ3) is 2.29. The van der Waals surface area contributed by atoms with E-state index < -0.39 is 30.1 Å². The van der Waals surface area contributed by atoms with Gasteiger partial charge < -0.3 is 5.11 Å². The molecule has 22 heavy (non-hydrogen) atoms. The molecular weight excluding hydrogens is 297 g/mol. The second-order valence-electron chi connectivity index (χ2n) is 5.84. The molecule has 1 aromatic rings. The quantitative estimate of drug-likeness (QED) is 0.913. The minimum absolute atomic E-state index is 0.0880. The van der Waals surface area contributed by atoms with Crippen LogP contribution in [0, 0.1) is 5.92 Å². The van der Waals surface area contributed by atoms with E-state index in [2.05, 4.69) is 5.10 Å². The summed E-state index contributed by atoms with van der Waals surface area (Å²) in [5.41, 5.74) is -2.22. The van der Waals surface area contributed by atoms with Crippen LogP contribution >= 0.6 is 0 Å². The van der Waals surface area contributed by atoms with Gasteiger partial charge in [-0.15, -0.1) is 0 Å². The lowest BCUT2D eigenvalue weighted by molar-refractivity contribution is -0.302. The van der Waals surface area contributed by atoms with Crippen molar-refractivity contribution >= 4 is 11.6 Å². The third-order valence-corrected chi connectivity index (χ3v) is 4.12. The highest BCUT2D eigenvalue weighted by Crippen LogP contribution is 2.51. The Kier molecular flexibility index (Phi) is 3.28. The van der Waals surface area contributed by atoms with Gasteiger partial charge in [-0.2, -0.15) is 23.3 Å². The van der Waals surface area contributed by atoms with E-state index in [0.717, 1.165) is 5.56 Å². The zero-order chi connectivity index (χ0) is 16.1. The minimum atomic E-state index is -4.94. The number of hydrazone groups is 1. The number of carbonyl (C=O) groups is 1. The van der Waals surface area contributed by atoms with Crippen LogP contribution in [0.4, 0.5) is 13.2 Å². The summed E-state index contributed by atoms with van der Waals surface area (Å²) < 4.78 is 39.3. The van der Waals surface area contributed by atoms with Crippen molar-refractivity contribution in [3.63, 3.8) is 0 Å². The molecule has 0 bridgehead atoms. The summed E-state index contributed by atoms with van der Waals surface area (Å²) in [4.78, 5) is 12.4. The Bertz CT molecular complexity index is 629. The van der Waals surface area contributed by atoms with E-state index in [4.69, 9.17) is 0 Å². The fourth-order valence-electron chi connectivity index (χ4n) is 2.87. The summed E-state index contributed by atoms with van der Waals surface area (Å²) in [6.07, 6.45) is -5.17. The molecule has 1 aliphatic carbocycles. The Morgan fingerprint density at radius 2 is 2.00 bits per heavy atom. The van der Waals surface area contributed by atoms with Crippen molar-refractivity contribution in [3.05, 3.63) is 35.9 Å². The molecule has 1 amide bonds. The van der Waals surface area contributed by atoms with Crippen LogP contribution in [0.3, 0.4) is 0 Å². The summed E-state index contributed by atoms with van der Waals surface area (Å²) >= 11 is 0. The van der Waals surface area contributed by atoms with Crippen LogP contribution in [0.2, 0.25) is 0 Å². The normalized spacial score (nSPS) is 31.1. The van der Waals surface area contributed by atoms with Crippen molar-refractivity contribution < 1.29 is 23.1 Å². The van der Waals surface area contributed by atoms with Crippen LogP contribution in [0.25, 0.3) is 0 Å². The SMILES string of the molecule is CC1=NN(C(=O)C2CC2c2ccccc2)C(O)(C(F)(F)F)C1. The summed E-state index contributed by atoms with van der Waals surface area (Å²) in [5, 5.41) is 13.8. The molecule has 0 spiro atoms. The standard InChI is InChI=1S/C15H15F3N2O2/c1-9-8-14(22,15(16,17)18)20(19-9)13(21)12-7-11(12)10-5-3-2-4-6-10/h2-6,11-12,22H,7-8H2,1H3. The van der Waals surface area contributed by atoms with Crippen LogP contribution in [0.5, 0.6) is 0 Å². The van der Waals surface area contributed by atoms with Crippen LogP contribution in [0.1, 0.15) is 31.2 Å². The van der Waals surface area contributed by atoms with E-state index in [1.807, 2.05) is 30.3 Å². The second kappa shape index (κ2) is 4.81. The zero-order valence-corrected chi connectivity index (χ0v) is 11.8. The van der Waals surface area contributed by atoms with E-state index in [1.165, 1.54) is 6.92 Å². The first kappa shape index (κ1) is 15.0. The van der Waals surface area contributed by atoms with Gasteiger partial charge in [0.1, 0.15) is 0 Å². The number of benzene rings is 1. The Morgan fingerprint density at radius 1 is 1.36 bits per heavy atom. The highest BCUT2D eigenvalue weighted by atomic mass is 19.4. The predicted molar refractivity (Wildman–Crippen MR) is 72.9 cm³/mol. The number of alkyl halides is 3. The lowest BCUT2D eigenvalue weighted by atomic mass is 10.1. The number of hydrogen-bond donors (Lipinski definition) is 1. The molecule has 1 aliphatic heterocycles. The third-order valence-electron chi connectivity index (χ3n) is 4.12. The molecule has 3 unspecified atom stereocenters. The van der Waals surface area contributed by atoms with E-state index in [1.54, 1.807) is 0 Å². The molecule has 3 atom stereocenters. The van der Waals surface area contributed by atoms with Gasteiger partial charge in [0.15, 0.2) is 0 Å². The molecule has 1 saturated carbocycles. The molecule has 3 rings (SSSR count). The van der Waals surface area contributed by atoms with Crippen molar-refractivity contribution in [2.24, 2.45) is 11.0 Å². The van der Waals surface area contributed by atoms with Crippen LogP contribution < -0.4 is 0 Å². The van der Waals surface area contributed by atoms with Gasteiger partial charge in [0.05, 0.1) is 0 Å². The number of hydrogen-bond acceptors (Lipinski definition) is 3. The highest BCUT2D eigenvalue weighted by molar-refractivity contribution is 5.91. The molecule has 0 aromatic heterocycles. The number of aliphatic hydroxyl groups is 1. The largest absolute Gasteiger partial charge is 0.438 e. The molecule has 1 N–H and O–H groups in total. The first-order valence-corrected chi connectivity index (χ1v) is 6.96. The Hall–Kier alpha value is -1.89. The fraction of sp³-hybridized carbons (Fsp3) is 0.467. The second-order valence-corrected chi connectivity index (χ2v) is 5.84. The number of nitrogens with zero attached hydrogens (tertiary/aromatic N) is 2. The van der Waals surface area contributed by atoms with Crippen molar-refractivity contribution in [2.45, 2.75) is 37.6 Å². The lowest BCUT2D eigenvalue weighted by Gasteiger charge is -2.32. The molecule has 0 saturated heterocycles. The van der Waals surface area contributed by atoms with Gasteiger partial charge in [-0.25, -0.2) is 0 Å². The molecule has 118 valence electrons. The van der Waals surface area contributed by atoms with Crippen molar-refractivity contribution in [3.8, 4) is 0 Å². The van der Waals surface area contributed by atoms with Gasteiger partial charge in [0.25, 0.3) is 5.72 Å². The number of amides is 1. The summed E-state index contributed by atoms with van der Waals surface area (Å²) in [7, 11) is 0. The average Bonchev–Trinajstić information content (AvgIpc) is 3.18. The topological polar surface area (TPSA) is 52.9 Å². The van der Waals surface area contributed by atoms with E-state index >= 15 is 0 Å². The van der Waals surface area contributed by atoms with Gasteiger partial charge in [-0.05, 0) is 24.8 Å². The first-order chi connectivity index (χ1) is 10.2. The summed E-state index contributed by atoms with van der Waals surface area (Å²) in [6.45, 7) is 1.37. The van der Waals surface area contributed by atoms with E-state index in [0.29, 0.717) is 6.42 Å². The average molecular weight is 312 g/mol. The van der Waals surface area contributed by atoms with E-state index in [-0.39, 0.29) is 16.6 Å².